The Kier molecular flexibility index (Phi) is 6.09. The van der Waals surface area contributed by atoms with Crippen LogP contribution in [-0.2, 0) is 0 Å². The first-order valence-electron chi connectivity index (χ1n) is 6.28. The lowest BCUT2D eigenvalue weighted by atomic mass is 10.2. The van der Waals surface area contributed by atoms with Crippen molar-refractivity contribution in [3.63, 3.8) is 0 Å². The minimum atomic E-state index is 0.475. The van der Waals surface area contributed by atoms with Crippen molar-refractivity contribution in [3.8, 4) is 11.9 Å². The summed E-state index contributed by atoms with van der Waals surface area (Å²) in [6.07, 6.45) is 6.00. The fourth-order valence-electron chi connectivity index (χ4n) is 1.60. The molecule has 0 atom stereocenters. The number of nitrogens with zero attached hydrogens (tertiary/aromatic N) is 2. The number of ether oxygens (including phenoxy) is 1. The summed E-state index contributed by atoms with van der Waals surface area (Å²) in [5, 5.41) is 8.91. The average Bonchev–Trinajstić information content (AvgIpc) is 2.34. The molecule has 0 N–H and O–H groups in total. The molecule has 92 valence electrons. The lowest BCUT2D eigenvalue weighted by Gasteiger charge is -2.07. The summed E-state index contributed by atoms with van der Waals surface area (Å²) in [5.74, 6) is 0.475. The molecule has 3 nitrogen and oxygen atoms in total. The third-order valence-electron chi connectivity index (χ3n) is 2.61. The highest BCUT2D eigenvalue weighted by atomic mass is 16.5. The molecule has 0 aliphatic heterocycles. The molecule has 3 heteroatoms. The molecule has 0 bridgehead atoms. The Morgan fingerprint density at radius 1 is 1.24 bits per heavy atom. The highest BCUT2D eigenvalue weighted by molar-refractivity contribution is 5.38. The smallest absolute Gasteiger partial charge is 0.231 e. The largest absolute Gasteiger partial charge is 0.477 e. The van der Waals surface area contributed by atoms with Crippen LogP contribution in [0, 0.1) is 18.3 Å². The molecule has 0 aliphatic rings. The topological polar surface area (TPSA) is 45.9 Å². The molecular formula is C14H20N2O. The van der Waals surface area contributed by atoms with E-state index in [0.717, 1.165) is 12.1 Å². The van der Waals surface area contributed by atoms with Gasteiger partial charge in [-0.15, -0.1) is 0 Å². The van der Waals surface area contributed by atoms with Gasteiger partial charge in [-0.3, -0.25) is 0 Å². The molecule has 0 saturated carbocycles. The third kappa shape index (κ3) is 4.86. The van der Waals surface area contributed by atoms with Crippen LogP contribution in [0.25, 0.3) is 0 Å². The van der Waals surface area contributed by atoms with Crippen molar-refractivity contribution in [2.75, 3.05) is 6.61 Å². The molecule has 1 aromatic rings. The van der Waals surface area contributed by atoms with Crippen molar-refractivity contribution in [1.29, 1.82) is 5.26 Å². The van der Waals surface area contributed by atoms with Gasteiger partial charge < -0.3 is 4.74 Å². The van der Waals surface area contributed by atoms with Gasteiger partial charge in [-0.2, -0.15) is 5.26 Å². The lowest BCUT2D eigenvalue weighted by molar-refractivity contribution is 0.292. The molecule has 0 radical (unpaired) electrons. The molecule has 0 fully saturated rings. The van der Waals surface area contributed by atoms with Crippen LogP contribution >= 0.6 is 0 Å². The first kappa shape index (κ1) is 13.5. The van der Waals surface area contributed by atoms with Gasteiger partial charge in [0.2, 0.25) is 5.88 Å². The summed E-state index contributed by atoms with van der Waals surface area (Å²) in [4.78, 5) is 4.23. The van der Waals surface area contributed by atoms with E-state index in [2.05, 4.69) is 18.0 Å². The Labute approximate surface area is 103 Å². The van der Waals surface area contributed by atoms with E-state index in [4.69, 9.17) is 10.00 Å². The first-order valence-corrected chi connectivity index (χ1v) is 6.28. The monoisotopic (exact) mass is 232 g/mol. The zero-order valence-corrected chi connectivity index (χ0v) is 10.7. The van der Waals surface area contributed by atoms with Gasteiger partial charge in [-0.1, -0.05) is 32.6 Å². The van der Waals surface area contributed by atoms with E-state index in [0.29, 0.717) is 18.1 Å². The SMILES string of the molecule is CCCCCCCOc1nc(C)ccc1C#N. The molecule has 0 aliphatic carbocycles. The predicted octanol–water partition coefficient (Wildman–Crippen LogP) is 3.61. The van der Waals surface area contributed by atoms with Crippen LogP contribution in [-0.4, -0.2) is 11.6 Å². The van der Waals surface area contributed by atoms with Crippen molar-refractivity contribution in [3.05, 3.63) is 23.4 Å². The summed E-state index contributed by atoms with van der Waals surface area (Å²) in [5.41, 5.74) is 1.40. The molecule has 1 aromatic heterocycles. The van der Waals surface area contributed by atoms with Gasteiger partial charge in [0.1, 0.15) is 11.6 Å². The van der Waals surface area contributed by atoms with E-state index in [-0.39, 0.29) is 0 Å². The first-order chi connectivity index (χ1) is 8.27. The van der Waals surface area contributed by atoms with Crippen LogP contribution < -0.4 is 4.74 Å². The lowest BCUT2D eigenvalue weighted by Crippen LogP contribution is -2.02. The molecule has 0 saturated heterocycles. The molecule has 0 spiro atoms. The normalized spacial score (nSPS) is 9.94. The van der Waals surface area contributed by atoms with Crippen LogP contribution in [0.3, 0.4) is 0 Å². The van der Waals surface area contributed by atoms with E-state index in [1.807, 2.05) is 13.0 Å². The van der Waals surface area contributed by atoms with Crippen LogP contribution in [0.4, 0.5) is 0 Å². The van der Waals surface area contributed by atoms with Gasteiger partial charge in [-0.05, 0) is 25.5 Å². The Hall–Kier alpha value is -1.56. The molecule has 0 unspecified atom stereocenters. The Bertz CT molecular complexity index is 382. The van der Waals surface area contributed by atoms with Gasteiger partial charge in [0.25, 0.3) is 0 Å². The minimum absolute atomic E-state index is 0.475. The zero-order chi connectivity index (χ0) is 12.5. The van der Waals surface area contributed by atoms with E-state index >= 15 is 0 Å². The van der Waals surface area contributed by atoms with E-state index in [9.17, 15) is 0 Å². The summed E-state index contributed by atoms with van der Waals surface area (Å²) < 4.78 is 5.56. The number of rotatable bonds is 7. The standard InChI is InChI=1S/C14H20N2O/c1-3-4-5-6-7-10-17-14-13(11-15)9-8-12(2)16-14/h8-9H,3-7,10H2,1-2H3. The zero-order valence-electron chi connectivity index (χ0n) is 10.7. The Morgan fingerprint density at radius 3 is 2.71 bits per heavy atom. The van der Waals surface area contributed by atoms with Crippen LogP contribution in [0.15, 0.2) is 12.1 Å². The second-order valence-electron chi connectivity index (χ2n) is 4.18. The molecule has 0 aromatic carbocycles. The third-order valence-corrected chi connectivity index (χ3v) is 2.61. The Morgan fingerprint density at radius 2 is 2.00 bits per heavy atom. The number of hydrogen-bond acceptors (Lipinski definition) is 3. The fourth-order valence-corrected chi connectivity index (χ4v) is 1.60. The summed E-state index contributed by atoms with van der Waals surface area (Å²) in [6, 6.07) is 5.68. The maximum absolute atomic E-state index is 8.91. The number of unbranched alkanes of at least 4 members (excludes halogenated alkanes) is 4. The molecule has 1 heterocycles. The number of aromatic nitrogens is 1. The second-order valence-corrected chi connectivity index (χ2v) is 4.18. The minimum Gasteiger partial charge on any atom is -0.477 e. The van der Waals surface area contributed by atoms with Gasteiger partial charge in [0.15, 0.2) is 0 Å². The summed E-state index contributed by atoms with van der Waals surface area (Å²) in [7, 11) is 0. The van der Waals surface area contributed by atoms with Crippen molar-refractivity contribution < 1.29 is 4.74 Å². The van der Waals surface area contributed by atoms with Gasteiger partial charge in [-0.25, -0.2) is 4.98 Å². The number of hydrogen-bond donors (Lipinski definition) is 0. The van der Waals surface area contributed by atoms with E-state index in [1.165, 1.54) is 25.7 Å². The van der Waals surface area contributed by atoms with Gasteiger partial charge >= 0.3 is 0 Å². The second kappa shape index (κ2) is 7.67. The Balaban J connectivity index is 2.36. The number of aryl methyl sites for hydroxylation is 1. The fraction of sp³-hybridized carbons (Fsp3) is 0.571. The highest BCUT2D eigenvalue weighted by Crippen LogP contribution is 2.15. The van der Waals surface area contributed by atoms with Crippen molar-refractivity contribution >= 4 is 0 Å². The summed E-state index contributed by atoms with van der Waals surface area (Å²) in [6.45, 7) is 4.75. The van der Waals surface area contributed by atoms with Crippen LogP contribution in [0.1, 0.15) is 50.3 Å². The van der Waals surface area contributed by atoms with E-state index in [1.54, 1.807) is 6.07 Å². The van der Waals surface area contributed by atoms with Crippen molar-refractivity contribution in [2.24, 2.45) is 0 Å². The maximum Gasteiger partial charge on any atom is 0.231 e. The predicted molar refractivity (Wildman–Crippen MR) is 67.9 cm³/mol. The van der Waals surface area contributed by atoms with Gasteiger partial charge in [0, 0.05) is 5.69 Å². The van der Waals surface area contributed by atoms with E-state index < -0.39 is 0 Å². The van der Waals surface area contributed by atoms with Crippen LogP contribution in [0.5, 0.6) is 5.88 Å². The van der Waals surface area contributed by atoms with Gasteiger partial charge in [0.05, 0.1) is 6.61 Å². The average molecular weight is 232 g/mol. The van der Waals surface area contributed by atoms with Crippen LogP contribution in [0.2, 0.25) is 0 Å². The maximum atomic E-state index is 8.91. The van der Waals surface area contributed by atoms with Crippen molar-refractivity contribution in [1.82, 2.24) is 4.98 Å². The highest BCUT2D eigenvalue weighted by Gasteiger charge is 2.04. The summed E-state index contributed by atoms with van der Waals surface area (Å²) >= 11 is 0. The molecule has 0 amide bonds. The van der Waals surface area contributed by atoms with Crippen molar-refractivity contribution in [2.45, 2.75) is 46.0 Å². The number of nitriles is 1. The molecule has 1 rings (SSSR count). The number of pyridine rings is 1. The molecular weight excluding hydrogens is 212 g/mol. The quantitative estimate of drug-likeness (QED) is 0.674. The molecule has 17 heavy (non-hydrogen) atoms.